The van der Waals surface area contributed by atoms with E-state index in [0.29, 0.717) is 24.8 Å². The minimum absolute atomic E-state index is 0.0822. The lowest BCUT2D eigenvalue weighted by Gasteiger charge is -2.69. The second-order valence-corrected chi connectivity index (χ2v) is 12.9. The lowest BCUT2D eigenvalue weighted by molar-refractivity contribution is -0.346. The van der Waals surface area contributed by atoms with Gasteiger partial charge in [0.25, 0.3) is 0 Å². The first-order valence-electron chi connectivity index (χ1n) is 14.5. The van der Waals surface area contributed by atoms with Crippen LogP contribution in [0.3, 0.4) is 0 Å². The van der Waals surface area contributed by atoms with E-state index in [4.69, 9.17) is 18.9 Å². The third kappa shape index (κ3) is 4.20. The molecule has 9 nitrogen and oxygen atoms in total. The summed E-state index contributed by atoms with van der Waals surface area (Å²) in [6, 6.07) is 12.1. The largest absolute Gasteiger partial charge is 0.463 e. The second-order valence-electron chi connectivity index (χ2n) is 12.9. The van der Waals surface area contributed by atoms with E-state index in [9.17, 15) is 19.5 Å². The van der Waals surface area contributed by atoms with E-state index in [1.807, 2.05) is 32.9 Å². The van der Waals surface area contributed by atoms with Crippen LogP contribution in [0.4, 0.5) is 0 Å². The first kappa shape index (κ1) is 28.6. The van der Waals surface area contributed by atoms with Crippen molar-refractivity contribution in [1.29, 1.82) is 0 Å². The van der Waals surface area contributed by atoms with Gasteiger partial charge in [0.2, 0.25) is 0 Å². The number of aliphatic hydroxyl groups excluding tert-OH is 1. The summed E-state index contributed by atoms with van der Waals surface area (Å²) in [7, 11) is 0. The number of rotatable bonds is 4. The van der Waals surface area contributed by atoms with Crippen molar-refractivity contribution in [2.24, 2.45) is 16.7 Å². The second kappa shape index (κ2) is 10.0. The van der Waals surface area contributed by atoms with Gasteiger partial charge in [0, 0.05) is 35.6 Å². The summed E-state index contributed by atoms with van der Waals surface area (Å²) in [6.45, 7) is 7.94. The third-order valence-corrected chi connectivity index (χ3v) is 10.7. The van der Waals surface area contributed by atoms with Crippen molar-refractivity contribution >= 4 is 17.9 Å². The Morgan fingerprint density at radius 3 is 2.38 bits per heavy atom. The molecule has 0 unspecified atom stereocenters. The highest BCUT2D eigenvalue weighted by Crippen LogP contribution is 2.68. The Balaban J connectivity index is 1.46. The molecule has 8 atom stereocenters. The van der Waals surface area contributed by atoms with Crippen LogP contribution >= 0.6 is 0 Å². The highest BCUT2D eigenvalue weighted by Gasteiger charge is 2.75. The number of esters is 3. The van der Waals surface area contributed by atoms with Gasteiger partial charge in [0.1, 0.15) is 36.1 Å². The maximum absolute atomic E-state index is 13.5. The van der Waals surface area contributed by atoms with Crippen LogP contribution in [0.1, 0.15) is 74.1 Å². The molecular weight excluding hydrogens is 538 g/mol. The number of carbonyl (C=O) groups excluding carboxylic acids is 3. The summed E-state index contributed by atoms with van der Waals surface area (Å²) >= 11 is 0. The van der Waals surface area contributed by atoms with E-state index < -0.39 is 58.2 Å². The molecular formula is C33H37NO8. The average molecular weight is 576 g/mol. The molecule has 0 amide bonds. The Kier molecular flexibility index (Phi) is 6.81. The predicted molar refractivity (Wildman–Crippen MR) is 150 cm³/mol. The van der Waals surface area contributed by atoms with Crippen LogP contribution in [-0.2, 0) is 23.7 Å². The van der Waals surface area contributed by atoms with Gasteiger partial charge in [0.05, 0.1) is 17.5 Å². The van der Waals surface area contributed by atoms with Gasteiger partial charge in [-0.1, -0.05) is 43.7 Å². The molecule has 6 rings (SSSR count). The molecule has 42 heavy (non-hydrogen) atoms. The van der Waals surface area contributed by atoms with Crippen LogP contribution in [0.5, 0.6) is 0 Å². The van der Waals surface area contributed by atoms with Crippen molar-refractivity contribution < 1.29 is 38.4 Å². The molecule has 2 aliphatic carbocycles. The van der Waals surface area contributed by atoms with Crippen LogP contribution < -0.4 is 0 Å². The molecule has 9 heteroatoms. The van der Waals surface area contributed by atoms with E-state index in [2.05, 4.69) is 11.9 Å². The molecule has 222 valence electrons. The Hall–Kier alpha value is -3.56. The van der Waals surface area contributed by atoms with Crippen molar-refractivity contribution in [3.05, 3.63) is 77.6 Å². The lowest BCUT2D eigenvalue weighted by atomic mass is 9.42. The smallest absolute Gasteiger partial charge is 0.340 e. The van der Waals surface area contributed by atoms with Crippen LogP contribution in [0.2, 0.25) is 0 Å². The van der Waals surface area contributed by atoms with Gasteiger partial charge >= 0.3 is 17.9 Å². The Labute approximate surface area is 245 Å². The van der Waals surface area contributed by atoms with E-state index in [-0.39, 0.29) is 24.6 Å². The zero-order valence-corrected chi connectivity index (χ0v) is 24.4. The number of aromatic nitrogens is 1. The molecule has 3 fully saturated rings. The summed E-state index contributed by atoms with van der Waals surface area (Å²) in [6.07, 6.45) is 3.72. The first-order valence-corrected chi connectivity index (χ1v) is 14.5. The van der Waals surface area contributed by atoms with Crippen molar-refractivity contribution in [3.63, 3.8) is 0 Å². The molecule has 1 N–H and O–H groups in total. The topological polar surface area (TPSA) is 121 Å². The fourth-order valence-electron chi connectivity index (χ4n) is 8.14. The number of aliphatic hydroxyl groups is 1. The number of hydrogen-bond acceptors (Lipinski definition) is 9. The fraction of sp³-hybridized carbons (Fsp3) is 0.515. The molecule has 1 spiro atoms. The minimum Gasteiger partial charge on any atom is -0.463 e. The summed E-state index contributed by atoms with van der Waals surface area (Å²) in [5, 5.41) is 12.3. The maximum atomic E-state index is 13.5. The van der Waals surface area contributed by atoms with Crippen LogP contribution in [0, 0.1) is 16.7 Å². The standard InChI is InChI=1S/C33H37NO8/c1-20-12-13-23(40-28(37)21-9-6-5-7-10-21)25-30(2)14-15-33(17-24(35)39-19-33)42-32(30,4)26(36)27(31(20,25)3)41-29(38)22-11-8-16-34-18-22/h5-12,16,18,23,25-27,36H,13-15,17,19H2,1-4H3/t23-,25-,26+,27+,30-,31+,32+,33-/m1/s1. The van der Waals surface area contributed by atoms with E-state index in [1.54, 1.807) is 42.6 Å². The van der Waals surface area contributed by atoms with Gasteiger partial charge in [0.15, 0.2) is 0 Å². The molecule has 3 heterocycles. The number of carbonyl (C=O) groups is 3. The third-order valence-electron chi connectivity index (χ3n) is 10.7. The maximum Gasteiger partial charge on any atom is 0.340 e. The number of fused-ring (bicyclic) bond motifs is 3. The Bertz CT molecular complexity index is 1430. The van der Waals surface area contributed by atoms with Gasteiger partial charge in [-0.2, -0.15) is 0 Å². The molecule has 2 aliphatic heterocycles. The molecule has 1 saturated carbocycles. The van der Waals surface area contributed by atoms with E-state index in [1.165, 1.54) is 6.20 Å². The van der Waals surface area contributed by atoms with Crippen molar-refractivity contribution in [2.75, 3.05) is 6.61 Å². The van der Waals surface area contributed by atoms with Crippen molar-refractivity contribution in [1.82, 2.24) is 4.98 Å². The molecule has 2 aromatic rings. The number of cyclic esters (lactones) is 1. The Morgan fingerprint density at radius 2 is 1.71 bits per heavy atom. The summed E-state index contributed by atoms with van der Waals surface area (Å²) < 4.78 is 24.7. The number of nitrogens with zero attached hydrogens (tertiary/aromatic N) is 1. The predicted octanol–water partition coefficient (Wildman–Crippen LogP) is 4.44. The van der Waals surface area contributed by atoms with Crippen LogP contribution in [-0.4, -0.2) is 64.1 Å². The first-order chi connectivity index (χ1) is 19.9. The normalized spacial score (nSPS) is 39.0. The van der Waals surface area contributed by atoms with E-state index in [0.717, 1.165) is 5.57 Å². The highest BCUT2D eigenvalue weighted by molar-refractivity contribution is 5.90. The van der Waals surface area contributed by atoms with Crippen LogP contribution in [0.15, 0.2) is 66.5 Å². The fourth-order valence-corrected chi connectivity index (χ4v) is 8.14. The average Bonchev–Trinajstić information content (AvgIpc) is 3.35. The van der Waals surface area contributed by atoms with Crippen molar-refractivity contribution in [3.8, 4) is 0 Å². The summed E-state index contributed by atoms with van der Waals surface area (Å²) in [4.78, 5) is 43.2. The summed E-state index contributed by atoms with van der Waals surface area (Å²) in [5.41, 5.74) is -2.21. The molecule has 4 aliphatic rings. The van der Waals surface area contributed by atoms with Gasteiger partial charge in [-0.3, -0.25) is 9.78 Å². The van der Waals surface area contributed by atoms with Gasteiger partial charge < -0.3 is 24.1 Å². The van der Waals surface area contributed by atoms with Crippen LogP contribution in [0.25, 0.3) is 0 Å². The molecule has 2 saturated heterocycles. The van der Waals surface area contributed by atoms with Gasteiger partial charge in [-0.05, 0) is 51.0 Å². The number of hydrogen-bond donors (Lipinski definition) is 1. The SMILES string of the molecule is CC1=CC[C@@H](OC(=O)c2ccccc2)[C@H]2[C@@]1(C)[C@@H](OC(=O)c1cccnc1)[C@H](O)[C@]1(C)O[C@@]3(CC[C@]21C)COC(=O)C3. The van der Waals surface area contributed by atoms with Gasteiger partial charge in [-0.25, -0.2) is 9.59 Å². The molecule has 1 aromatic carbocycles. The molecule has 0 radical (unpaired) electrons. The minimum atomic E-state index is -1.28. The molecule has 0 bridgehead atoms. The van der Waals surface area contributed by atoms with Gasteiger partial charge in [-0.15, -0.1) is 0 Å². The van der Waals surface area contributed by atoms with E-state index >= 15 is 0 Å². The Morgan fingerprint density at radius 1 is 1.00 bits per heavy atom. The monoisotopic (exact) mass is 575 g/mol. The number of ether oxygens (including phenoxy) is 4. The molecule has 1 aromatic heterocycles. The zero-order valence-electron chi connectivity index (χ0n) is 24.4. The summed E-state index contributed by atoms with van der Waals surface area (Å²) in [5.74, 6) is -1.82. The zero-order chi connectivity index (χ0) is 29.9. The van der Waals surface area contributed by atoms with Crippen molar-refractivity contribution in [2.45, 2.75) is 82.9 Å². The quantitative estimate of drug-likeness (QED) is 0.320. The lowest BCUT2D eigenvalue weighted by Crippen LogP contribution is -2.78. The highest BCUT2D eigenvalue weighted by atomic mass is 16.6. The number of pyridine rings is 1. The number of benzene rings is 1.